The molecule has 0 aliphatic heterocycles. The van der Waals surface area contributed by atoms with Crippen LogP contribution in [0, 0.1) is 5.82 Å². The van der Waals surface area contributed by atoms with Crippen molar-refractivity contribution in [2.75, 3.05) is 13.7 Å². The highest BCUT2D eigenvalue weighted by Crippen LogP contribution is 2.28. The number of hydrogen-bond acceptors (Lipinski definition) is 7. The lowest BCUT2D eigenvalue weighted by molar-refractivity contribution is 0.306. The molecule has 6 aromatic rings. The number of ether oxygens (including phenoxy) is 2. The van der Waals surface area contributed by atoms with Crippen LogP contribution in [0.5, 0.6) is 11.5 Å². The average molecular weight is 582 g/mol. The molecule has 212 valence electrons. The van der Waals surface area contributed by atoms with Gasteiger partial charge in [0.2, 0.25) is 4.96 Å². The van der Waals surface area contributed by atoms with Crippen molar-refractivity contribution in [3.63, 3.8) is 0 Å². The third-order valence-electron chi connectivity index (χ3n) is 6.79. The molecule has 0 N–H and O–H groups in total. The van der Waals surface area contributed by atoms with Crippen LogP contribution in [0.1, 0.15) is 31.7 Å². The molecule has 8 nitrogen and oxygen atoms in total. The third-order valence-corrected chi connectivity index (χ3v) is 7.75. The predicted octanol–water partition coefficient (Wildman–Crippen LogP) is 5.94. The quantitative estimate of drug-likeness (QED) is 0.186. The van der Waals surface area contributed by atoms with Gasteiger partial charge in [-0.1, -0.05) is 49.3 Å². The summed E-state index contributed by atoms with van der Waals surface area (Å²) >= 11 is 1.24. The number of para-hydroxylation sites is 1. The Hall–Kier alpha value is -4.83. The number of methoxy groups -OCH3 is 1. The summed E-state index contributed by atoms with van der Waals surface area (Å²) in [6, 6.07) is 21.8. The van der Waals surface area contributed by atoms with Crippen LogP contribution in [0.15, 0.2) is 83.8 Å². The maximum Gasteiger partial charge on any atom is 0.291 e. The zero-order valence-electron chi connectivity index (χ0n) is 23.2. The van der Waals surface area contributed by atoms with E-state index in [4.69, 9.17) is 14.6 Å². The number of benzene rings is 3. The number of thiazole rings is 1. The van der Waals surface area contributed by atoms with E-state index in [-0.39, 0.29) is 11.3 Å². The van der Waals surface area contributed by atoms with E-state index in [1.54, 1.807) is 22.9 Å². The first kappa shape index (κ1) is 27.3. The summed E-state index contributed by atoms with van der Waals surface area (Å²) in [5.41, 5.74) is 3.07. The minimum absolute atomic E-state index is 0.143. The molecule has 0 saturated heterocycles. The molecule has 3 heterocycles. The van der Waals surface area contributed by atoms with Crippen molar-refractivity contribution >= 4 is 22.4 Å². The third kappa shape index (κ3) is 5.53. The van der Waals surface area contributed by atoms with Gasteiger partial charge in [-0.05, 0) is 67.1 Å². The lowest BCUT2D eigenvalue weighted by atomic mass is 10.1. The molecular weight excluding hydrogens is 553 g/mol. The molecule has 0 saturated carbocycles. The molecule has 0 bridgehead atoms. The van der Waals surface area contributed by atoms with Crippen molar-refractivity contribution in [3.05, 3.63) is 105 Å². The molecule has 0 atom stereocenters. The van der Waals surface area contributed by atoms with E-state index in [2.05, 4.69) is 17.0 Å². The Morgan fingerprint density at radius 2 is 1.76 bits per heavy atom. The Bertz CT molecular complexity index is 1950. The number of halogens is 1. The van der Waals surface area contributed by atoms with Crippen LogP contribution in [0.4, 0.5) is 4.39 Å². The van der Waals surface area contributed by atoms with Gasteiger partial charge in [0.15, 0.2) is 17.4 Å². The van der Waals surface area contributed by atoms with E-state index < -0.39 is 5.82 Å². The standard InChI is InChI=1S/C32H28FN5O3S/c1-3-4-8-17-41-25-14-11-21(12-15-25)30-34-32-38(36-30)31(39)28(42-32)19-23-20-37(24-9-6-5-7-10-24)35-29(23)22-13-16-27(40-2)26(33)18-22/h5-7,9-16,18-20H,3-4,8,17H2,1-2H3. The van der Waals surface area contributed by atoms with E-state index in [1.165, 1.54) is 29.0 Å². The highest BCUT2D eigenvalue weighted by Gasteiger charge is 2.16. The Morgan fingerprint density at radius 1 is 0.976 bits per heavy atom. The first-order valence-electron chi connectivity index (χ1n) is 13.7. The highest BCUT2D eigenvalue weighted by atomic mass is 32.1. The molecule has 0 spiro atoms. The average Bonchev–Trinajstić information content (AvgIpc) is 3.71. The molecule has 3 aromatic carbocycles. The van der Waals surface area contributed by atoms with Gasteiger partial charge in [0.1, 0.15) is 11.4 Å². The van der Waals surface area contributed by atoms with Crippen LogP contribution in [0.2, 0.25) is 0 Å². The van der Waals surface area contributed by atoms with E-state index in [0.717, 1.165) is 36.3 Å². The Morgan fingerprint density at radius 3 is 2.48 bits per heavy atom. The van der Waals surface area contributed by atoms with Gasteiger partial charge in [-0.15, -0.1) is 5.10 Å². The maximum absolute atomic E-state index is 14.6. The normalized spacial score (nSPS) is 11.8. The smallest absolute Gasteiger partial charge is 0.291 e. The summed E-state index contributed by atoms with van der Waals surface area (Å²) in [4.78, 5) is 18.5. The van der Waals surface area contributed by atoms with Crippen molar-refractivity contribution in [2.24, 2.45) is 0 Å². The molecule has 0 aliphatic carbocycles. The fourth-order valence-electron chi connectivity index (χ4n) is 4.58. The Balaban J connectivity index is 1.35. The van der Waals surface area contributed by atoms with Crippen molar-refractivity contribution < 1.29 is 13.9 Å². The van der Waals surface area contributed by atoms with Crippen LogP contribution in [-0.4, -0.2) is 38.1 Å². The van der Waals surface area contributed by atoms with Gasteiger partial charge in [0, 0.05) is 22.9 Å². The first-order chi connectivity index (χ1) is 20.5. The molecule has 10 heteroatoms. The van der Waals surface area contributed by atoms with Crippen molar-refractivity contribution in [1.82, 2.24) is 24.4 Å². The van der Waals surface area contributed by atoms with Gasteiger partial charge in [-0.3, -0.25) is 4.79 Å². The van der Waals surface area contributed by atoms with Crippen molar-refractivity contribution in [2.45, 2.75) is 26.2 Å². The highest BCUT2D eigenvalue weighted by molar-refractivity contribution is 7.15. The lowest BCUT2D eigenvalue weighted by Crippen LogP contribution is -2.23. The molecule has 0 radical (unpaired) electrons. The second-order valence-corrected chi connectivity index (χ2v) is 10.7. The van der Waals surface area contributed by atoms with Crippen LogP contribution in [-0.2, 0) is 0 Å². The van der Waals surface area contributed by atoms with Crippen molar-refractivity contribution in [1.29, 1.82) is 0 Å². The second-order valence-electron chi connectivity index (χ2n) is 9.69. The van der Waals surface area contributed by atoms with Crippen LogP contribution in [0.3, 0.4) is 0 Å². The van der Waals surface area contributed by atoms with Crippen LogP contribution >= 0.6 is 11.3 Å². The Kier molecular flexibility index (Phi) is 7.78. The van der Waals surface area contributed by atoms with Gasteiger partial charge >= 0.3 is 0 Å². The SMILES string of the molecule is CCCCCOc1ccc(-c2nc3sc(=Cc4cn(-c5ccccc5)nc4-c4ccc(OC)c(F)c4)c(=O)n3n2)cc1. The molecule has 0 amide bonds. The Labute approximate surface area is 245 Å². The molecular formula is C32H28FN5O3S. The number of aromatic nitrogens is 5. The number of hydrogen-bond donors (Lipinski definition) is 0. The topological polar surface area (TPSA) is 83.5 Å². The van der Waals surface area contributed by atoms with E-state index >= 15 is 0 Å². The van der Waals surface area contributed by atoms with Gasteiger partial charge in [-0.2, -0.15) is 14.6 Å². The number of rotatable bonds is 10. The first-order valence-corrected chi connectivity index (χ1v) is 14.5. The summed E-state index contributed by atoms with van der Waals surface area (Å²) in [6.45, 7) is 2.84. The predicted molar refractivity (Wildman–Crippen MR) is 162 cm³/mol. The minimum atomic E-state index is -0.498. The second kappa shape index (κ2) is 12.0. The minimum Gasteiger partial charge on any atom is -0.494 e. The van der Waals surface area contributed by atoms with Gasteiger partial charge in [0.05, 0.1) is 23.9 Å². The van der Waals surface area contributed by atoms with Crippen molar-refractivity contribution in [3.8, 4) is 39.8 Å². The molecule has 0 fully saturated rings. The summed E-state index contributed by atoms with van der Waals surface area (Å²) in [5.74, 6) is 0.904. The summed E-state index contributed by atoms with van der Waals surface area (Å²) in [7, 11) is 1.42. The maximum atomic E-state index is 14.6. The molecule has 42 heavy (non-hydrogen) atoms. The zero-order chi connectivity index (χ0) is 29.1. The summed E-state index contributed by atoms with van der Waals surface area (Å²) in [5, 5.41) is 9.22. The molecule has 0 unspecified atom stereocenters. The van der Waals surface area contributed by atoms with Gasteiger partial charge in [-0.25, -0.2) is 9.07 Å². The largest absolute Gasteiger partial charge is 0.494 e. The van der Waals surface area contributed by atoms with E-state index in [9.17, 15) is 9.18 Å². The van der Waals surface area contributed by atoms with Gasteiger partial charge in [0.25, 0.3) is 5.56 Å². The van der Waals surface area contributed by atoms with Crippen LogP contribution < -0.4 is 19.6 Å². The number of unbranched alkanes of at least 4 members (excludes halogenated alkanes) is 2. The molecule has 0 aliphatic rings. The number of fused-ring (bicyclic) bond motifs is 1. The number of nitrogens with zero attached hydrogens (tertiary/aromatic N) is 5. The molecule has 3 aromatic heterocycles. The lowest BCUT2D eigenvalue weighted by Gasteiger charge is -2.05. The fraction of sp³-hybridized carbons (Fsp3) is 0.188. The fourth-order valence-corrected chi connectivity index (χ4v) is 5.48. The monoisotopic (exact) mass is 581 g/mol. The van der Waals surface area contributed by atoms with Crippen LogP contribution in [0.25, 0.3) is 39.4 Å². The van der Waals surface area contributed by atoms with E-state index in [1.807, 2.05) is 60.8 Å². The van der Waals surface area contributed by atoms with E-state index in [0.29, 0.717) is 38.7 Å². The summed E-state index contributed by atoms with van der Waals surface area (Å²) in [6.07, 6.45) is 6.88. The summed E-state index contributed by atoms with van der Waals surface area (Å²) < 4.78 is 29.0. The molecule has 6 rings (SSSR count). The zero-order valence-corrected chi connectivity index (χ0v) is 24.0. The van der Waals surface area contributed by atoms with Gasteiger partial charge < -0.3 is 9.47 Å².